The molecule has 0 unspecified atom stereocenters. The number of halogens is 1. The van der Waals surface area contributed by atoms with Gasteiger partial charge in [0.25, 0.3) is 0 Å². The molecule has 1 aromatic heterocycles. The first kappa shape index (κ1) is 10.4. The molecule has 0 fully saturated rings. The third-order valence-electron chi connectivity index (χ3n) is 2.09. The van der Waals surface area contributed by atoms with Crippen LogP contribution >= 0.6 is 22.6 Å². The maximum Gasteiger partial charge on any atom is 0.194 e. The van der Waals surface area contributed by atoms with Gasteiger partial charge in [-0.2, -0.15) is 0 Å². The maximum atomic E-state index is 11.1. The summed E-state index contributed by atoms with van der Waals surface area (Å²) in [6.45, 7) is 1.50. The fraction of sp³-hybridized carbons (Fsp3) is 0.0833. The smallest absolute Gasteiger partial charge is 0.194 e. The van der Waals surface area contributed by atoms with Gasteiger partial charge in [-0.05, 0) is 40.8 Å². The molecule has 2 rings (SSSR count). The molecule has 15 heavy (non-hydrogen) atoms. The third-order valence-corrected chi connectivity index (χ3v) is 3.03. The highest BCUT2D eigenvalue weighted by atomic mass is 127. The van der Waals surface area contributed by atoms with Crippen LogP contribution in [0.5, 0.6) is 0 Å². The molecule has 0 amide bonds. The number of hydrogen-bond donors (Lipinski definition) is 0. The molecule has 0 spiro atoms. The molecule has 2 nitrogen and oxygen atoms in total. The molecule has 0 aliphatic carbocycles. The second-order valence-corrected chi connectivity index (χ2v) is 4.36. The van der Waals surface area contributed by atoms with E-state index in [9.17, 15) is 4.79 Å². The lowest BCUT2D eigenvalue weighted by Crippen LogP contribution is -1.86. The predicted octanol–water partition coefficient (Wildman–Crippen LogP) is 3.75. The van der Waals surface area contributed by atoms with E-state index in [1.807, 2.05) is 30.3 Å². The van der Waals surface area contributed by atoms with Crippen LogP contribution in [-0.4, -0.2) is 5.78 Å². The number of rotatable bonds is 2. The molecule has 76 valence electrons. The summed E-state index contributed by atoms with van der Waals surface area (Å²) in [6, 6.07) is 11.4. The van der Waals surface area contributed by atoms with Crippen molar-refractivity contribution in [3.05, 3.63) is 45.7 Å². The number of furan rings is 1. The third kappa shape index (κ3) is 2.12. The van der Waals surface area contributed by atoms with E-state index in [0.717, 1.165) is 14.9 Å². The van der Waals surface area contributed by atoms with Crippen molar-refractivity contribution in [2.45, 2.75) is 6.92 Å². The van der Waals surface area contributed by atoms with Gasteiger partial charge in [-0.3, -0.25) is 4.79 Å². The first-order chi connectivity index (χ1) is 7.18. The van der Waals surface area contributed by atoms with Crippen molar-refractivity contribution >= 4 is 28.4 Å². The van der Waals surface area contributed by atoms with Gasteiger partial charge in [-0.25, -0.2) is 0 Å². The Labute approximate surface area is 101 Å². The largest absolute Gasteiger partial charge is 0.453 e. The summed E-state index contributed by atoms with van der Waals surface area (Å²) < 4.78 is 6.57. The van der Waals surface area contributed by atoms with Gasteiger partial charge in [-0.1, -0.05) is 18.2 Å². The van der Waals surface area contributed by atoms with Crippen LogP contribution in [0.2, 0.25) is 0 Å². The van der Waals surface area contributed by atoms with E-state index in [1.165, 1.54) is 6.92 Å². The Morgan fingerprint density at radius 3 is 2.53 bits per heavy atom. The Balaban J connectivity index is 2.46. The van der Waals surface area contributed by atoms with Gasteiger partial charge in [0.05, 0.1) is 0 Å². The molecular weight excluding hydrogens is 303 g/mol. The Kier molecular flexibility index (Phi) is 2.90. The first-order valence-corrected chi connectivity index (χ1v) is 5.62. The number of carbonyl (C=O) groups is 1. The van der Waals surface area contributed by atoms with Crippen LogP contribution < -0.4 is 0 Å². The minimum Gasteiger partial charge on any atom is -0.453 e. The van der Waals surface area contributed by atoms with Crippen molar-refractivity contribution in [1.29, 1.82) is 0 Å². The number of ketones is 1. The van der Waals surface area contributed by atoms with Gasteiger partial charge < -0.3 is 4.42 Å². The van der Waals surface area contributed by atoms with E-state index in [2.05, 4.69) is 22.6 Å². The minimum absolute atomic E-state index is 0.0489. The highest BCUT2D eigenvalue weighted by Crippen LogP contribution is 2.26. The normalized spacial score (nSPS) is 10.3. The number of carbonyl (C=O) groups excluding carboxylic acids is 1. The van der Waals surface area contributed by atoms with Crippen LogP contribution in [-0.2, 0) is 0 Å². The van der Waals surface area contributed by atoms with Crippen molar-refractivity contribution < 1.29 is 9.21 Å². The Hall–Kier alpha value is -1.10. The molecule has 0 saturated heterocycles. The Morgan fingerprint density at radius 2 is 1.93 bits per heavy atom. The lowest BCUT2D eigenvalue weighted by molar-refractivity contribution is 0.0988. The zero-order valence-electron chi connectivity index (χ0n) is 8.16. The topological polar surface area (TPSA) is 30.2 Å². The van der Waals surface area contributed by atoms with Crippen LogP contribution in [0.3, 0.4) is 0 Å². The lowest BCUT2D eigenvalue weighted by Gasteiger charge is -1.99. The van der Waals surface area contributed by atoms with E-state index in [-0.39, 0.29) is 5.78 Å². The molecule has 0 bridgehead atoms. The minimum atomic E-state index is -0.0489. The summed E-state index contributed by atoms with van der Waals surface area (Å²) in [5.74, 6) is 1.10. The summed E-state index contributed by atoms with van der Waals surface area (Å²) in [5.41, 5.74) is 1.02. The molecular formula is C12H9IO2. The van der Waals surface area contributed by atoms with E-state index >= 15 is 0 Å². The number of benzene rings is 1. The van der Waals surface area contributed by atoms with Gasteiger partial charge in [0.15, 0.2) is 11.5 Å². The van der Waals surface area contributed by atoms with Gasteiger partial charge in [0.1, 0.15) is 5.76 Å². The van der Waals surface area contributed by atoms with E-state index in [0.29, 0.717) is 5.76 Å². The zero-order valence-corrected chi connectivity index (χ0v) is 10.3. The summed E-state index contributed by atoms with van der Waals surface area (Å²) in [6.07, 6.45) is 0. The molecule has 2 aromatic rings. The van der Waals surface area contributed by atoms with Crippen LogP contribution in [0, 0.1) is 3.57 Å². The highest BCUT2D eigenvalue weighted by Gasteiger charge is 2.09. The van der Waals surface area contributed by atoms with E-state index in [4.69, 9.17) is 4.42 Å². The molecule has 3 heteroatoms. The van der Waals surface area contributed by atoms with Gasteiger partial charge in [-0.15, -0.1) is 0 Å². The second-order valence-electron chi connectivity index (χ2n) is 3.20. The lowest BCUT2D eigenvalue weighted by atomic mass is 10.2. The summed E-state index contributed by atoms with van der Waals surface area (Å²) in [5, 5.41) is 0. The average Bonchev–Trinajstić information content (AvgIpc) is 2.67. The van der Waals surface area contributed by atoms with Crippen LogP contribution in [0.25, 0.3) is 11.3 Å². The second kappa shape index (κ2) is 4.18. The van der Waals surface area contributed by atoms with Crippen molar-refractivity contribution in [3.63, 3.8) is 0 Å². The van der Waals surface area contributed by atoms with Crippen molar-refractivity contribution in [2.24, 2.45) is 0 Å². The SMILES string of the molecule is CC(=O)c1ccc(-c2ccccc2I)o1. The fourth-order valence-corrected chi connectivity index (χ4v) is 1.99. The Morgan fingerprint density at radius 1 is 1.20 bits per heavy atom. The molecule has 0 atom stereocenters. The zero-order chi connectivity index (χ0) is 10.8. The highest BCUT2D eigenvalue weighted by molar-refractivity contribution is 14.1. The van der Waals surface area contributed by atoms with E-state index < -0.39 is 0 Å². The monoisotopic (exact) mass is 312 g/mol. The molecule has 1 aromatic carbocycles. The summed E-state index contributed by atoms with van der Waals surface area (Å²) in [7, 11) is 0. The van der Waals surface area contributed by atoms with Crippen LogP contribution in [0.1, 0.15) is 17.5 Å². The quantitative estimate of drug-likeness (QED) is 0.624. The summed E-state index contributed by atoms with van der Waals surface area (Å²) in [4.78, 5) is 11.1. The number of Topliss-reactive ketones (excluding diaryl/α,β-unsaturated/α-hetero) is 1. The molecule has 0 aliphatic rings. The van der Waals surface area contributed by atoms with Crippen molar-refractivity contribution in [3.8, 4) is 11.3 Å². The molecule has 0 saturated carbocycles. The van der Waals surface area contributed by atoms with Crippen molar-refractivity contribution in [2.75, 3.05) is 0 Å². The predicted molar refractivity (Wildman–Crippen MR) is 66.9 cm³/mol. The van der Waals surface area contributed by atoms with Crippen molar-refractivity contribution in [1.82, 2.24) is 0 Å². The Bertz CT molecular complexity index is 500. The van der Waals surface area contributed by atoms with Gasteiger partial charge >= 0.3 is 0 Å². The van der Waals surface area contributed by atoms with E-state index in [1.54, 1.807) is 6.07 Å². The standard InChI is InChI=1S/C12H9IO2/c1-8(14)11-6-7-12(15-11)9-4-2-3-5-10(9)13/h2-7H,1H3. The first-order valence-electron chi connectivity index (χ1n) is 4.54. The summed E-state index contributed by atoms with van der Waals surface area (Å²) >= 11 is 2.25. The van der Waals surface area contributed by atoms with Crippen LogP contribution in [0.4, 0.5) is 0 Å². The number of hydrogen-bond acceptors (Lipinski definition) is 2. The molecule has 1 heterocycles. The fourth-order valence-electron chi connectivity index (χ4n) is 1.33. The molecule has 0 N–H and O–H groups in total. The van der Waals surface area contributed by atoms with Gasteiger partial charge in [0, 0.05) is 16.1 Å². The molecule has 0 aliphatic heterocycles. The average molecular weight is 312 g/mol. The maximum absolute atomic E-state index is 11.1. The molecule has 0 radical (unpaired) electrons. The van der Waals surface area contributed by atoms with Crippen LogP contribution in [0.15, 0.2) is 40.8 Å². The van der Waals surface area contributed by atoms with Gasteiger partial charge in [0.2, 0.25) is 0 Å².